The number of urea groups is 1. The largest absolute Gasteiger partial charge is 0.496 e. The van der Waals surface area contributed by atoms with Gasteiger partial charge in [0.05, 0.1) is 37.5 Å². The van der Waals surface area contributed by atoms with Crippen molar-refractivity contribution in [1.29, 1.82) is 0 Å². The predicted molar refractivity (Wildman–Crippen MR) is 201 cm³/mol. The molecule has 1 aromatic heterocycles. The number of likely N-dealkylation sites (tertiary alicyclic amines) is 1. The molecule has 3 aromatic rings. The van der Waals surface area contributed by atoms with Gasteiger partial charge in [0.2, 0.25) is 11.8 Å². The lowest BCUT2D eigenvalue weighted by Gasteiger charge is -2.55. The maximum Gasteiger partial charge on any atom is 0.317 e. The number of piperidine rings is 2. The number of aromatic nitrogens is 1. The highest BCUT2D eigenvalue weighted by atomic mass is 16.5. The van der Waals surface area contributed by atoms with E-state index in [1.165, 1.54) is 0 Å². The van der Waals surface area contributed by atoms with Gasteiger partial charge in [-0.15, -0.1) is 0 Å². The van der Waals surface area contributed by atoms with Gasteiger partial charge in [0.15, 0.2) is 0 Å². The second-order valence-electron chi connectivity index (χ2n) is 15.3. The van der Waals surface area contributed by atoms with Crippen molar-refractivity contribution in [3.8, 4) is 22.6 Å². The van der Waals surface area contributed by atoms with Crippen LogP contribution in [0.1, 0.15) is 63.1 Å². The number of hydrogen-bond donors (Lipinski definition) is 2. The van der Waals surface area contributed by atoms with Gasteiger partial charge in [-0.2, -0.15) is 0 Å². The molecule has 3 fully saturated rings. The summed E-state index contributed by atoms with van der Waals surface area (Å²) in [5.74, 6) is -0.609. The number of nitrogens with zero attached hydrogens (tertiary/aromatic N) is 5. The number of imide groups is 2. The molecule has 288 valence electrons. The van der Waals surface area contributed by atoms with E-state index < -0.39 is 29.7 Å². The fraction of sp³-hybridized carbons (Fsp3) is 0.450. The zero-order valence-electron chi connectivity index (χ0n) is 31.5. The molecule has 0 radical (unpaired) electrons. The van der Waals surface area contributed by atoms with Gasteiger partial charge in [0.1, 0.15) is 17.5 Å². The molecule has 5 aliphatic rings. The van der Waals surface area contributed by atoms with E-state index in [2.05, 4.69) is 20.4 Å². The molecule has 6 heterocycles. The quantitative estimate of drug-likeness (QED) is 0.343. The maximum atomic E-state index is 13.4. The smallest absolute Gasteiger partial charge is 0.317 e. The first-order chi connectivity index (χ1) is 26.4. The number of pyridine rings is 1. The fourth-order valence-corrected chi connectivity index (χ4v) is 9.00. The van der Waals surface area contributed by atoms with Gasteiger partial charge in [-0.05, 0) is 80.2 Å². The van der Waals surface area contributed by atoms with Gasteiger partial charge >= 0.3 is 6.03 Å². The van der Waals surface area contributed by atoms with Gasteiger partial charge in [-0.3, -0.25) is 39.1 Å². The Morgan fingerprint density at radius 3 is 2.24 bits per heavy atom. The Labute approximate surface area is 318 Å². The average Bonchev–Trinajstić information content (AvgIpc) is 3.42. The third-order valence-electron chi connectivity index (χ3n) is 12.1. The van der Waals surface area contributed by atoms with Crippen molar-refractivity contribution in [2.24, 2.45) is 12.5 Å². The number of carbonyl (C=O) groups excluding carboxylic acids is 5. The van der Waals surface area contributed by atoms with Crippen molar-refractivity contribution in [3.63, 3.8) is 0 Å². The Hall–Kier alpha value is -5.70. The molecule has 6 amide bonds. The van der Waals surface area contributed by atoms with Crippen molar-refractivity contribution in [2.45, 2.75) is 51.2 Å². The second-order valence-corrected chi connectivity index (χ2v) is 15.3. The van der Waals surface area contributed by atoms with Crippen LogP contribution in [0.5, 0.6) is 11.5 Å². The molecule has 3 saturated heterocycles. The van der Waals surface area contributed by atoms with Crippen LogP contribution in [0.25, 0.3) is 11.1 Å². The first-order valence-electron chi connectivity index (χ1n) is 18.7. The SMILES string of the molecule is CNC(=O)N1CCc2c(-c3cc(OC)c(CN4CCC5(CC4)CN(c4ccc6c(c4)C(=O)N(C4CCC(=O)NC4=O)C6=O)C5)c(OC)c3)cn(C)c(=O)c2C1. The Morgan fingerprint density at radius 2 is 1.58 bits per heavy atom. The zero-order valence-corrected chi connectivity index (χ0v) is 31.5. The molecule has 0 bridgehead atoms. The summed E-state index contributed by atoms with van der Waals surface area (Å²) in [5, 5.41) is 4.90. The summed E-state index contributed by atoms with van der Waals surface area (Å²) in [4.78, 5) is 83.5. The van der Waals surface area contributed by atoms with Gasteiger partial charge in [0.25, 0.3) is 17.4 Å². The molecule has 2 N–H and O–H groups in total. The van der Waals surface area contributed by atoms with E-state index in [-0.39, 0.29) is 42.0 Å². The number of benzene rings is 2. The normalized spacial score (nSPS) is 20.6. The van der Waals surface area contributed by atoms with Crippen LogP contribution in [0.15, 0.2) is 41.3 Å². The molecule has 0 saturated carbocycles. The molecular weight excluding hydrogens is 706 g/mol. The van der Waals surface area contributed by atoms with E-state index >= 15 is 0 Å². The fourth-order valence-electron chi connectivity index (χ4n) is 9.00. The van der Waals surface area contributed by atoms with Crippen LogP contribution in [0.3, 0.4) is 0 Å². The third kappa shape index (κ3) is 6.19. The van der Waals surface area contributed by atoms with Crippen molar-refractivity contribution >= 4 is 35.3 Å². The number of ether oxygens (including phenoxy) is 2. The van der Waals surface area contributed by atoms with E-state index in [1.54, 1.807) is 49.9 Å². The standard InChI is InChI=1S/C40H45N7O8/c1-41-39(53)45-12-9-25-28(18-43(2)36(50)29(25)20-45)23-15-32(54-3)30(33(16-23)55-4)19-44-13-10-40(11-14-44)21-46(22-40)24-5-6-26-27(17-24)38(52)47(37(26)51)31-7-8-34(48)42-35(31)49/h5-6,15-18,31H,7-14,19-22H2,1-4H3,(H,41,53)(H,42,48,49). The maximum absolute atomic E-state index is 13.4. The summed E-state index contributed by atoms with van der Waals surface area (Å²) >= 11 is 0. The minimum Gasteiger partial charge on any atom is -0.496 e. The van der Waals surface area contributed by atoms with Crippen LogP contribution in [-0.2, 0) is 36.1 Å². The van der Waals surface area contributed by atoms with E-state index in [0.29, 0.717) is 42.1 Å². The highest BCUT2D eigenvalue weighted by Gasteiger charge is 2.47. The highest BCUT2D eigenvalue weighted by molar-refractivity contribution is 6.23. The molecule has 2 aromatic carbocycles. The lowest BCUT2D eigenvalue weighted by atomic mass is 9.71. The zero-order chi connectivity index (χ0) is 38.8. The number of aryl methyl sites for hydroxylation is 1. The van der Waals surface area contributed by atoms with E-state index in [0.717, 1.165) is 71.9 Å². The Kier molecular flexibility index (Phi) is 9.14. The third-order valence-corrected chi connectivity index (χ3v) is 12.1. The molecule has 15 nitrogen and oxygen atoms in total. The van der Waals surface area contributed by atoms with Gasteiger partial charge in [0, 0.05) is 75.1 Å². The van der Waals surface area contributed by atoms with Crippen LogP contribution in [0.4, 0.5) is 10.5 Å². The molecule has 15 heteroatoms. The van der Waals surface area contributed by atoms with Crippen LogP contribution in [0, 0.1) is 5.41 Å². The number of rotatable bonds is 7. The Balaban J connectivity index is 0.936. The highest BCUT2D eigenvalue weighted by Crippen LogP contribution is 2.45. The topological polar surface area (TPSA) is 163 Å². The summed E-state index contributed by atoms with van der Waals surface area (Å²) in [6.07, 6.45) is 4.61. The molecule has 1 unspecified atom stereocenters. The molecular formula is C40H45N7O8. The first-order valence-corrected chi connectivity index (χ1v) is 18.7. The van der Waals surface area contributed by atoms with Gasteiger partial charge < -0.3 is 29.2 Å². The van der Waals surface area contributed by atoms with Crippen LogP contribution >= 0.6 is 0 Å². The number of fused-ring (bicyclic) bond motifs is 2. The lowest BCUT2D eigenvalue weighted by molar-refractivity contribution is -0.136. The summed E-state index contributed by atoms with van der Waals surface area (Å²) in [5.41, 5.74) is 5.77. The van der Waals surface area contributed by atoms with E-state index in [9.17, 15) is 28.8 Å². The number of hydrogen-bond acceptors (Lipinski definition) is 10. The van der Waals surface area contributed by atoms with Gasteiger partial charge in [-0.25, -0.2) is 4.79 Å². The summed E-state index contributed by atoms with van der Waals surface area (Å²) < 4.78 is 13.5. The van der Waals surface area contributed by atoms with Crippen molar-refractivity contribution in [1.82, 2.24) is 29.9 Å². The molecule has 55 heavy (non-hydrogen) atoms. The minimum absolute atomic E-state index is 0.0813. The lowest BCUT2D eigenvalue weighted by Crippen LogP contribution is -2.60. The first kappa shape index (κ1) is 36.3. The van der Waals surface area contributed by atoms with Crippen LogP contribution in [0.2, 0.25) is 0 Å². The summed E-state index contributed by atoms with van der Waals surface area (Å²) in [6, 6.07) is 8.13. The van der Waals surface area contributed by atoms with Crippen LogP contribution < -0.4 is 30.6 Å². The van der Waals surface area contributed by atoms with Crippen LogP contribution in [-0.4, -0.2) is 109 Å². The molecule has 1 atom stereocenters. The van der Waals surface area contributed by atoms with Crippen molar-refractivity contribution in [3.05, 3.63) is 74.7 Å². The molecule has 5 aliphatic heterocycles. The average molecular weight is 752 g/mol. The Bertz CT molecular complexity index is 2170. The second kappa shape index (κ2) is 13.9. The number of amides is 6. The Morgan fingerprint density at radius 1 is 0.891 bits per heavy atom. The molecule has 8 rings (SSSR count). The number of carbonyl (C=O) groups is 5. The number of methoxy groups -OCH3 is 2. The minimum atomic E-state index is -0.987. The van der Waals surface area contributed by atoms with E-state index in [1.807, 2.05) is 24.4 Å². The molecule has 1 spiro atoms. The van der Waals surface area contributed by atoms with E-state index in [4.69, 9.17) is 9.47 Å². The summed E-state index contributed by atoms with van der Waals surface area (Å²) in [6.45, 7) is 4.84. The monoisotopic (exact) mass is 751 g/mol. The predicted octanol–water partition coefficient (Wildman–Crippen LogP) is 2.27. The number of nitrogens with one attached hydrogen (secondary N) is 2. The molecule has 0 aliphatic carbocycles. The van der Waals surface area contributed by atoms with Crippen molar-refractivity contribution < 1.29 is 33.4 Å². The van der Waals surface area contributed by atoms with Crippen molar-refractivity contribution in [2.75, 3.05) is 58.9 Å². The summed E-state index contributed by atoms with van der Waals surface area (Å²) in [7, 11) is 6.63. The number of anilines is 1. The van der Waals surface area contributed by atoms with Gasteiger partial charge in [-0.1, -0.05) is 0 Å².